The van der Waals surface area contributed by atoms with Crippen LogP contribution < -0.4 is 0 Å². The molecule has 0 aliphatic carbocycles. The number of alkyl halides is 1. The molecule has 0 aliphatic rings. The zero-order chi connectivity index (χ0) is 13.1. The number of Topliss-reactive ketones (excluding diaryl/α,β-unsaturated/α-hetero) is 2. The molecule has 0 atom stereocenters. The smallest absolute Gasteiger partial charge is 0.184 e. The van der Waals surface area contributed by atoms with Gasteiger partial charge in [0, 0.05) is 18.2 Å². The summed E-state index contributed by atoms with van der Waals surface area (Å²) in [6.45, 7) is 3.11. The molecule has 0 spiro atoms. The number of rotatable bonds is 5. The van der Waals surface area contributed by atoms with Crippen molar-refractivity contribution in [2.75, 3.05) is 5.33 Å². The topological polar surface area (TPSA) is 67.3 Å². The summed E-state index contributed by atoms with van der Waals surface area (Å²) in [6.07, 6.45) is 1.40. The zero-order valence-electron chi connectivity index (χ0n) is 9.74. The van der Waals surface area contributed by atoms with Crippen molar-refractivity contribution in [1.82, 2.24) is 4.98 Å². The molecule has 0 aliphatic heterocycles. The first-order valence-corrected chi connectivity index (χ1v) is 6.26. The normalized spacial score (nSPS) is 11.3. The lowest BCUT2D eigenvalue weighted by Crippen LogP contribution is -2.24. The van der Waals surface area contributed by atoms with Gasteiger partial charge in [-0.1, -0.05) is 15.9 Å². The quantitative estimate of drug-likeness (QED) is 0.667. The number of aliphatic hydroxyl groups is 1. The van der Waals surface area contributed by atoms with E-state index in [4.69, 9.17) is 0 Å². The van der Waals surface area contributed by atoms with Crippen molar-refractivity contribution in [2.24, 2.45) is 0 Å². The monoisotopic (exact) mass is 299 g/mol. The Morgan fingerprint density at radius 3 is 2.59 bits per heavy atom. The molecule has 0 unspecified atom stereocenters. The first-order valence-electron chi connectivity index (χ1n) is 5.14. The highest BCUT2D eigenvalue weighted by Gasteiger charge is 2.20. The van der Waals surface area contributed by atoms with E-state index in [0.29, 0.717) is 5.56 Å². The zero-order valence-corrected chi connectivity index (χ0v) is 11.3. The summed E-state index contributed by atoms with van der Waals surface area (Å²) in [5.41, 5.74) is -0.427. The average molecular weight is 300 g/mol. The Labute approximate surface area is 108 Å². The van der Waals surface area contributed by atoms with Crippen LogP contribution >= 0.6 is 15.9 Å². The van der Waals surface area contributed by atoms with Crippen molar-refractivity contribution in [3.05, 3.63) is 29.6 Å². The molecular formula is C12H14BrNO3. The summed E-state index contributed by atoms with van der Waals surface area (Å²) in [6, 6.07) is 3.02. The number of pyridine rings is 1. The summed E-state index contributed by atoms with van der Waals surface area (Å²) < 4.78 is 0. The lowest BCUT2D eigenvalue weighted by atomic mass is 9.99. The molecule has 4 nitrogen and oxygen atoms in total. The van der Waals surface area contributed by atoms with Crippen LogP contribution in [0.5, 0.6) is 0 Å². The summed E-state index contributed by atoms with van der Waals surface area (Å²) in [5, 5.41) is 9.76. The van der Waals surface area contributed by atoms with Crippen molar-refractivity contribution in [3.8, 4) is 0 Å². The molecule has 0 bridgehead atoms. The predicted octanol–water partition coefficient (Wildman–Crippen LogP) is 2.00. The van der Waals surface area contributed by atoms with Crippen molar-refractivity contribution in [2.45, 2.75) is 25.9 Å². The van der Waals surface area contributed by atoms with Crippen LogP contribution in [0.25, 0.3) is 0 Å². The second-order valence-corrected chi connectivity index (χ2v) is 4.96. The molecule has 1 aromatic rings. The fourth-order valence-corrected chi connectivity index (χ4v) is 1.64. The molecule has 17 heavy (non-hydrogen) atoms. The summed E-state index contributed by atoms with van der Waals surface area (Å²) in [7, 11) is 0. The molecule has 0 radical (unpaired) electrons. The summed E-state index contributed by atoms with van der Waals surface area (Å²) >= 11 is 3.07. The Hall–Kier alpha value is -1.07. The van der Waals surface area contributed by atoms with Crippen LogP contribution in [-0.2, 0) is 0 Å². The van der Waals surface area contributed by atoms with E-state index < -0.39 is 5.60 Å². The number of carbonyl (C=O) groups excluding carboxylic acids is 2. The Balaban J connectivity index is 2.92. The van der Waals surface area contributed by atoms with Gasteiger partial charge in [-0.25, -0.2) is 0 Å². The van der Waals surface area contributed by atoms with Gasteiger partial charge in [0.15, 0.2) is 11.6 Å². The third-order valence-corrected chi connectivity index (χ3v) is 2.59. The van der Waals surface area contributed by atoms with E-state index >= 15 is 0 Å². The second kappa shape index (κ2) is 5.51. The van der Waals surface area contributed by atoms with Crippen LogP contribution in [0.3, 0.4) is 0 Å². The third kappa shape index (κ3) is 4.36. The predicted molar refractivity (Wildman–Crippen MR) is 67.6 cm³/mol. The van der Waals surface area contributed by atoms with Crippen LogP contribution in [0, 0.1) is 0 Å². The van der Waals surface area contributed by atoms with E-state index in [0.717, 1.165) is 0 Å². The maximum atomic E-state index is 11.8. The minimum absolute atomic E-state index is 0.0219. The summed E-state index contributed by atoms with van der Waals surface area (Å²) in [4.78, 5) is 27.1. The number of carbonyl (C=O) groups is 2. The Kier molecular flexibility index (Phi) is 4.54. The standard InChI is InChI=1S/C12H14BrNO3/c1-12(2,17)6-10(15)9-5-8(3-4-14-9)11(16)7-13/h3-5,17H,6-7H2,1-2H3. The van der Waals surface area contributed by atoms with Crippen LogP contribution in [-0.4, -0.2) is 32.6 Å². The third-order valence-electron chi connectivity index (χ3n) is 2.08. The van der Waals surface area contributed by atoms with E-state index in [1.165, 1.54) is 12.3 Å². The van der Waals surface area contributed by atoms with Crippen LogP contribution in [0.4, 0.5) is 0 Å². The maximum Gasteiger partial charge on any atom is 0.184 e. The Bertz CT molecular complexity index is 438. The largest absolute Gasteiger partial charge is 0.390 e. The average Bonchev–Trinajstić information content (AvgIpc) is 2.26. The van der Waals surface area contributed by atoms with Gasteiger partial charge in [0.05, 0.1) is 10.9 Å². The lowest BCUT2D eigenvalue weighted by molar-refractivity contribution is 0.0584. The van der Waals surface area contributed by atoms with Crippen LogP contribution in [0.1, 0.15) is 41.1 Å². The molecule has 1 rings (SSSR count). The maximum absolute atomic E-state index is 11.8. The first kappa shape index (κ1) is 14.0. The van der Waals surface area contributed by atoms with E-state index in [-0.39, 0.29) is 29.0 Å². The molecule has 0 saturated carbocycles. The van der Waals surface area contributed by atoms with E-state index in [1.54, 1.807) is 19.9 Å². The van der Waals surface area contributed by atoms with Crippen molar-refractivity contribution in [3.63, 3.8) is 0 Å². The molecule has 0 saturated heterocycles. The van der Waals surface area contributed by atoms with Crippen LogP contribution in [0.2, 0.25) is 0 Å². The molecule has 92 valence electrons. The van der Waals surface area contributed by atoms with Gasteiger partial charge in [0.1, 0.15) is 5.69 Å². The van der Waals surface area contributed by atoms with E-state index in [2.05, 4.69) is 20.9 Å². The van der Waals surface area contributed by atoms with Crippen molar-refractivity contribution >= 4 is 27.5 Å². The highest BCUT2D eigenvalue weighted by Crippen LogP contribution is 2.13. The number of hydrogen-bond acceptors (Lipinski definition) is 4. The fraction of sp³-hybridized carbons (Fsp3) is 0.417. The number of hydrogen-bond donors (Lipinski definition) is 1. The van der Waals surface area contributed by atoms with Gasteiger partial charge in [0.2, 0.25) is 0 Å². The van der Waals surface area contributed by atoms with Gasteiger partial charge in [-0.2, -0.15) is 0 Å². The highest BCUT2D eigenvalue weighted by molar-refractivity contribution is 9.09. The van der Waals surface area contributed by atoms with E-state index in [9.17, 15) is 14.7 Å². The molecule has 1 aromatic heterocycles. The van der Waals surface area contributed by atoms with Crippen molar-refractivity contribution < 1.29 is 14.7 Å². The summed E-state index contributed by atoms with van der Waals surface area (Å²) in [5.74, 6) is -0.383. The van der Waals surface area contributed by atoms with Gasteiger partial charge in [-0.15, -0.1) is 0 Å². The fourth-order valence-electron chi connectivity index (χ4n) is 1.32. The van der Waals surface area contributed by atoms with Crippen molar-refractivity contribution in [1.29, 1.82) is 0 Å². The molecule has 0 aromatic carbocycles. The molecule has 1 heterocycles. The lowest BCUT2D eigenvalue weighted by Gasteiger charge is -2.15. The van der Waals surface area contributed by atoms with Gasteiger partial charge in [0.25, 0.3) is 0 Å². The van der Waals surface area contributed by atoms with Crippen LogP contribution in [0.15, 0.2) is 18.3 Å². The van der Waals surface area contributed by atoms with Gasteiger partial charge in [-0.3, -0.25) is 14.6 Å². The molecule has 0 amide bonds. The van der Waals surface area contributed by atoms with Gasteiger partial charge in [-0.05, 0) is 26.0 Å². The number of nitrogens with zero attached hydrogens (tertiary/aromatic N) is 1. The number of ketones is 2. The molecule has 5 heteroatoms. The van der Waals surface area contributed by atoms with Gasteiger partial charge >= 0.3 is 0 Å². The molecular weight excluding hydrogens is 286 g/mol. The van der Waals surface area contributed by atoms with Gasteiger partial charge < -0.3 is 5.11 Å². The Morgan fingerprint density at radius 2 is 2.06 bits per heavy atom. The highest BCUT2D eigenvalue weighted by atomic mass is 79.9. The minimum Gasteiger partial charge on any atom is -0.390 e. The first-order chi connectivity index (χ1) is 7.83. The SMILES string of the molecule is CC(C)(O)CC(=O)c1cc(C(=O)CBr)ccn1. The minimum atomic E-state index is -1.08. The number of halogens is 1. The number of aromatic nitrogens is 1. The Morgan fingerprint density at radius 1 is 1.41 bits per heavy atom. The van der Waals surface area contributed by atoms with E-state index in [1.807, 2.05) is 0 Å². The second-order valence-electron chi connectivity index (χ2n) is 4.40. The molecule has 0 fully saturated rings. The molecule has 1 N–H and O–H groups in total.